The number of aromatic nitrogens is 1. The fourth-order valence-electron chi connectivity index (χ4n) is 4.11. The summed E-state index contributed by atoms with van der Waals surface area (Å²) in [4.78, 5) is 23.2. The van der Waals surface area contributed by atoms with Gasteiger partial charge in [-0.2, -0.15) is 0 Å². The summed E-state index contributed by atoms with van der Waals surface area (Å²) in [6, 6.07) is 17.6. The van der Waals surface area contributed by atoms with Crippen LogP contribution in [0.4, 0.5) is 11.4 Å². The summed E-state index contributed by atoms with van der Waals surface area (Å²) in [6.07, 6.45) is 4.69. The number of carbonyl (C=O) groups excluding carboxylic acids is 1. The van der Waals surface area contributed by atoms with Gasteiger partial charge in [0.25, 0.3) is 0 Å². The molecule has 3 aromatic rings. The molecule has 1 N–H and O–H groups in total. The Kier molecular flexibility index (Phi) is 8.25. The van der Waals surface area contributed by atoms with E-state index in [-0.39, 0.29) is 0 Å². The van der Waals surface area contributed by atoms with E-state index in [1.807, 2.05) is 78.5 Å². The summed E-state index contributed by atoms with van der Waals surface area (Å²) in [5.41, 5.74) is 3.61. The van der Waals surface area contributed by atoms with Crippen molar-refractivity contribution in [2.24, 2.45) is 0 Å². The van der Waals surface area contributed by atoms with Crippen LogP contribution in [0.5, 0.6) is 0 Å². The number of alkyl halides is 3. The third-order valence-corrected chi connectivity index (χ3v) is 6.95. The predicted octanol–water partition coefficient (Wildman–Crippen LogP) is 5.62. The van der Waals surface area contributed by atoms with Crippen molar-refractivity contribution < 1.29 is 4.79 Å². The molecule has 2 aromatic carbocycles. The number of nitrogens with one attached hydrogen (secondary N) is 1. The largest absolute Gasteiger partial charge is 0.378 e. The minimum absolute atomic E-state index is 0.395. The SMILES string of the molecule is CN(C)c1cccc(/C=C/C(=O)NC(N2CCCN(c3cccc4cccnc34)C2=S)C(Cl)(Cl)Cl)c1. The lowest BCUT2D eigenvalue weighted by Crippen LogP contribution is -2.62. The summed E-state index contributed by atoms with van der Waals surface area (Å²) in [7, 11) is 3.92. The molecule has 1 amide bonds. The van der Waals surface area contributed by atoms with Crippen LogP contribution in [-0.4, -0.2) is 58.0 Å². The highest BCUT2D eigenvalue weighted by Gasteiger charge is 2.42. The molecule has 36 heavy (non-hydrogen) atoms. The van der Waals surface area contributed by atoms with Crippen LogP contribution in [0.3, 0.4) is 0 Å². The van der Waals surface area contributed by atoms with Crippen molar-refractivity contribution in [1.29, 1.82) is 0 Å². The number of pyridine rings is 1. The number of hydrogen-bond donors (Lipinski definition) is 1. The maximum absolute atomic E-state index is 12.9. The maximum atomic E-state index is 12.9. The minimum Gasteiger partial charge on any atom is -0.378 e. The summed E-state index contributed by atoms with van der Waals surface area (Å²) < 4.78 is -1.82. The van der Waals surface area contributed by atoms with Crippen molar-refractivity contribution in [1.82, 2.24) is 15.2 Å². The number of halogens is 3. The second-order valence-corrected chi connectivity index (χ2v) is 11.3. The van der Waals surface area contributed by atoms with Crippen LogP contribution in [-0.2, 0) is 4.79 Å². The third-order valence-electron chi connectivity index (χ3n) is 5.87. The number of anilines is 2. The van der Waals surface area contributed by atoms with Gasteiger partial charge < -0.3 is 20.0 Å². The smallest absolute Gasteiger partial charge is 0.245 e. The van der Waals surface area contributed by atoms with Gasteiger partial charge in [0, 0.05) is 50.5 Å². The lowest BCUT2D eigenvalue weighted by atomic mass is 10.1. The average Bonchev–Trinajstić information content (AvgIpc) is 2.86. The molecule has 4 rings (SSSR count). The molecule has 1 atom stereocenters. The van der Waals surface area contributed by atoms with Crippen LogP contribution in [0.1, 0.15) is 12.0 Å². The molecule has 0 spiro atoms. The lowest BCUT2D eigenvalue weighted by molar-refractivity contribution is -0.117. The molecule has 1 aliphatic rings. The highest BCUT2D eigenvalue weighted by Crippen LogP contribution is 2.35. The first-order valence-electron chi connectivity index (χ1n) is 11.4. The zero-order valence-corrected chi connectivity index (χ0v) is 23.0. The zero-order chi connectivity index (χ0) is 25.9. The van der Waals surface area contributed by atoms with Crippen LogP contribution in [0.15, 0.2) is 66.9 Å². The molecule has 1 aliphatic heterocycles. The molecule has 6 nitrogen and oxygen atoms in total. The van der Waals surface area contributed by atoms with Crippen molar-refractivity contribution in [3.05, 3.63) is 72.4 Å². The Morgan fingerprint density at radius 3 is 2.64 bits per heavy atom. The average molecular weight is 563 g/mol. The molecule has 1 aromatic heterocycles. The topological polar surface area (TPSA) is 51.7 Å². The molecule has 1 saturated heterocycles. The highest BCUT2D eigenvalue weighted by atomic mass is 35.6. The van der Waals surface area contributed by atoms with E-state index in [1.165, 1.54) is 6.08 Å². The van der Waals surface area contributed by atoms with E-state index in [9.17, 15) is 4.79 Å². The number of amides is 1. The lowest BCUT2D eigenvalue weighted by Gasteiger charge is -2.44. The second kappa shape index (κ2) is 11.2. The fourth-order valence-corrected chi connectivity index (χ4v) is 5.02. The molecule has 0 radical (unpaired) electrons. The molecular weight excluding hydrogens is 537 g/mol. The van der Waals surface area contributed by atoms with Gasteiger partial charge >= 0.3 is 0 Å². The van der Waals surface area contributed by atoms with Gasteiger partial charge in [-0.05, 0) is 54.5 Å². The Balaban J connectivity index is 1.55. The summed E-state index contributed by atoms with van der Waals surface area (Å²) in [6.45, 7) is 1.22. The number of fused-ring (bicyclic) bond motifs is 1. The van der Waals surface area contributed by atoms with E-state index in [0.29, 0.717) is 18.2 Å². The van der Waals surface area contributed by atoms with Crippen LogP contribution >= 0.6 is 47.0 Å². The number of carbonyl (C=O) groups is 1. The van der Waals surface area contributed by atoms with Crippen molar-refractivity contribution in [2.75, 3.05) is 37.0 Å². The van der Waals surface area contributed by atoms with E-state index >= 15 is 0 Å². The van der Waals surface area contributed by atoms with Crippen molar-refractivity contribution in [2.45, 2.75) is 16.4 Å². The van der Waals surface area contributed by atoms with Gasteiger partial charge in [0.1, 0.15) is 0 Å². The normalized spacial score (nSPS) is 15.4. The van der Waals surface area contributed by atoms with E-state index in [1.54, 1.807) is 17.2 Å². The Bertz CT molecular complexity index is 1290. The Hall–Kier alpha value is -2.58. The molecule has 0 aliphatic carbocycles. The summed E-state index contributed by atoms with van der Waals surface area (Å²) in [5, 5.41) is 4.30. The van der Waals surface area contributed by atoms with Crippen molar-refractivity contribution in [3.8, 4) is 0 Å². The van der Waals surface area contributed by atoms with Crippen LogP contribution < -0.4 is 15.1 Å². The number of nitrogens with zero attached hydrogens (tertiary/aromatic N) is 4. The number of benzene rings is 2. The van der Waals surface area contributed by atoms with Gasteiger partial charge in [-0.1, -0.05) is 65.1 Å². The summed E-state index contributed by atoms with van der Waals surface area (Å²) >= 11 is 24.9. The highest BCUT2D eigenvalue weighted by molar-refractivity contribution is 7.80. The monoisotopic (exact) mass is 561 g/mol. The number of hydrogen-bond acceptors (Lipinski definition) is 4. The van der Waals surface area contributed by atoms with E-state index in [2.05, 4.69) is 10.3 Å². The van der Waals surface area contributed by atoms with E-state index in [0.717, 1.165) is 34.3 Å². The number of para-hydroxylation sites is 1. The number of thiocarbonyl (C=S) groups is 1. The van der Waals surface area contributed by atoms with E-state index < -0.39 is 15.9 Å². The molecule has 2 heterocycles. The standard InChI is InChI=1S/C26H26Cl3N5OS/c1-32(2)20-10-3-7-18(17-20)12-13-22(35)31-24(26(27,28)29)34-16-6-15-33(25(34)36)21-11-4-8-19-9-5-14-30-23(19)21/h3-5,7-14,17,24H,6,15-16H2,1-2H3,(H,31,35)/b13-12+. The Morgan fingerprint density at radius 1 is 1.14 bits per heavy atom. The molecule has 1 fully saturated rings. The quantitative estimate of drug-likeness (QED) is 0.239. The Morgan fingerprint density at radius 2 is 1.89 bits per heavy atom. The van der Waals surface area contributed by atoms with Gasteiger partial charge in [-0.15, -0.1) is 0 Å². The van der Waals surface area contributed by atoms with Crippen LogP contribution in [0.25, 0.3) is 17.0 Å². The van der Waals surface area contributed by atoms with Gasteiger partial charge in [0.05, 0.1) is 11.2 Å². The van der Waals surface area contributed by atoms with Gasteiger partial charge in [0.15, 0.2) is 11.3 Å². The molecule has 10 heteroatoms. The summed E-state index contributed by atoms with van der Waals surface area (Å²) in [5.74, 6) is -0.395. The van der Waals surface area contributed by atoms with Crippen LogP contribution in [0, 0.1) is 0 Å². The molecular formula is C26H26Cl3N5OS. The zero-order valence-electron chi connectivity index (χ0n) is 19.9. The molecule has 0 bridgehead atoms. The second-order valence-electron chi connectivity index (χ2n) is 8.61. The van der Waals surface area contributed by atoms with Gasteiger partial charge in [0.2, 0.25) is 9.70 Å². The third kappa shape index (κ3) is 6.03. The molecule has 188 valence electrons. The first-order valence-corrected chi connectivity index (χ1v) is 12.9. The molecule has 1 unspecified atom stereocenters. The minimum atomic E-state index is -1.82. The van der Waals surface area contributed by atoms with Crippen LogP contribution in [0.2, 0.25) is 0 Å². The first kappa shape index (κ1) is 26.5. The van der Waals surface area contributed by atoms with Crippen molar-refractivity contribution in [3.63, 3.8) is 0 Å². The van der Waals surface area contributed by atoms with Gasteiger partial charge in [-0.3, -0.25) is 9.78 Å². The predicted molar refractivity (Wildman–Crippen MR) is 155 cm³/mol. The fraction of sp³-hybridized carbons (Fsp3) is 0.269. The van der Waals surface area contributed by atoms with Crippen molar-refractivity contribution >= 4 is 86.4 Å². The molecule has 0 saturated carbocycles. The Labute approximate surface area is 231 Å². The van der Waals surface area contributed by atoms with Gasteiger partial charge in [-0.25, -0.2) is 0 Å². The number of rotatable bonds is 6. The first-order chi connectivity index (χ1) is 17.1. The maximum Gasteiger partial charge on any atom is 0.245 e. The van der Waals surface area contributed by atoms with E-state index in [4.69, 9.17) is 47.0 Å².